The number of hydrogen-bond acceptors (Lipinski definition) is 4. The maximum absolute atomic E-state index is 13.4. The van der Waals surface area contributed by atoms with E-state index < -0.39 is 5.92 Å². The van der Waals surface area contributed by atoms with E-state index in [1.54, 1.807) is 6.07 Å². The number of carbonyl (C=O) groups excluding carboxylic acids is 1. The summed E-state index contributed by atoms with van der Waals surface area (Å²) in [4.78, 5) is 16.6. The van der Waals surface area contributed by atoms with Crippen LogP contribution in [0.3, 0.4) is 0 Å². The predicted octanol–water partition coefficient (Wildman–Crippen LogP) is 4.86. The maximum atomic E-state index is 13.4. The Morgan fingerprint density at radius 2 is 1.80 bits per heavy atom. The molecule has 0 bridgehead atoms. The highest BCUT2D eigenvalue weighted by Gasteiger charge is 2.36. The van der Waals surface area contributed by atoms with E-state index >= 15 is 0 Å². The summed E-state index contributed by atoms with van der Waals surface area (Å²) in [6, 6.07) is 6.05. The Labute approximate surface area is 175 Å². The van der Waals surface area contributed by atoms with Gasteiger partial charge >= 0.3 is 0 Å². The van der Waals surface area contributed by atoms with Gasteiger partial charge in [0.1, 0.15) is 17.4 Å². The van der Waals surface area contributed by atoms with Crippen LogP contribution in [0, 0.1) is 6.92 Å². The summed E-state index contributed by atoms with van der Waals surface area (Å²) in [5, 5.41) is 0.793. The lowest BCUT2D eigenvalue weighted by atomic mass is 10.1. The first-order valence-electron chi connectivity index (χ1n) is 10.8. The number of furan rings is 1. The zero-order valence-corrected chi connectivity index (χ0v) is 17.9. The third-order valence-corrected chi connectivity index (χ3v) is 6.31. The van der Waals surface area contributed by atoms with Gasteiger partial charge in [0.05, 0.1) is 0 Å². The smallest absolute Gasteiger partial charge is 0.289 e. The molecule has 2 aliphatic rings. The van der Waals surface area contributed by atoms with E-state index in [4.69, 9.17) is 9.15 Å². The van der Waals surface area contributed by atoms with Crippen molar-refractivity contribution in [3.05, 3.63) is 29.5 Å². The Morgan fingerprint density at radius 3 is 2.43 bits per heavy atom. The van der Waals surface area contributed by atoms with Gasteiger partial charge in [0.15, 0.2) is 5.76 Å². The highest BCUT2D eigenvalue weighted by Crippen LogP contribution is 2.32. The summed E-state index contributed by atoms with van der Waals surface area (Å²) < 4.78 is 38.8. The molecule has 0 aliphatic carbocycles. The molecule has 2 aromatic rings. The minimum Gasteiger partial charge on any atom is -0.490 e. The van der Waals surface area contributed by atoms with Gasteiger partial charge in [-0.1, -0.05) is 0 Å². The van der Waals surface area contributed by atoms with Crippen LogP contribution in [-0.4, -0.2) is 60.0 Å². The SMILES string of the molecule is Cc1cc2oc(C(=O)N3CCC(F)(F)CC3)cc2cc1OC1CCN(C(C)C)CC1. The molecule has 7 heteroatoms. The summed E-state index contributed by atoms with van der Waals surface area (Å²) in [6.45, 7) is 8.55. The number of halogens is 2. The molecule has 0 spiro atoms. The van der Waals surface area contributed by atoms with Gasteiger partial charge in [-0.2, -0.15) is 0 Å². The molecule has 1 aromatic carbocycles. The number of ether oxygens (including phenoxy) is 1. The third kappa shape index (κ3) is 4.46. The van der Waals surface area contributed by atoms with Crippen molar-refractivity contribution in [1.82, 2.24) is 9.80 Å². The van der Waals surface area contributed by atoms with Crippen LogP contribution >= 0.6 is 0 Å². The van der Waals surface area contributed by atoms with Gasteiger partial charge < -0.3 is 19.0 Å². The number of fused-ring (bicyclic) bond motifs is 1. The standard InChI is InChI=1S/C23H30F2N2O3/c1-15(2)26-8-4-18(5-9-26)29-19-13-17-14-21(30-20(17)12-16(19)3)22(28)27-10-6-23(24,25)7-11-27/h12-15,18H,4-11H2,1-3H3. The van der Waals surface area contributed by atoms with Crippen molar-refractivity contribution in [2.24, 2.45) is 0 Å². The molecule has 1 aromatic heterocycles. The second-order valence-corrected chi connectivity index (χ2v) is 8.86. The number of aryl methyl sites for hydroxylation is 1. The van der Waals surface area contributed by atoms with Gasteiger partial charge in [-0.3, -0.25) is 4.79 Å². The molecule has 5 nitrogen and oxygen atoms in total. The van der Waals surface area contributed by atoms with Gasteiger partial charge in [0, 0.05) is 50.4 Å². The fourth-order valence-electron chi connectivity index (χ4n) is 4.28. The van der Waals surface area contributed by atoms with Crippen LogP contribution in [0.2, 0.25) is 0 Å². The van der Waals surface area contributed by atoms with E-state index in [1.807, 2.05) is 19.1 Å². The average molecular weight is 421 g/mol. The van der Waals surface area contributed by atoms with Crippen LogP contribution in [0.15, 0.2) is 22.6 Å². The van der Waals surface area contributed by atoms with Crippen molar-refractivity contribution in [3.8, 4) is 5.75 Å². The summed E-state index contributed by atoms with van der Waals surface area (Å²) in [5.74, 6) is -2.01. The van der Waals surface area contributed by atoms with Crippen molar-refractivity contribution in [2.75, 3.05) is 26.2 Å². The van der Waals surface area contributed by atoms with Crippen molar-refractivity contribution in [3.63, 3.8) is 0 Å². The Bertz CT molecular complexity index is 907. The molecule has 0 atom stereocenters. The Kier molecular flexibility index (Phi) is 5.75. The molecule has 1 amide bonds. The molecular formula is C23H30F2N2O3. The monoisotopic (exact) mass is 420 g/mol. The maximum Gasteiger partial charge on any atom is 0.289 e. The summed E-state index contributed by atoms with van der Waals surface area (Å²) in [5.41, 5.74) is 1.57. The Balaban J connectivity index is 1.46. The van der Waals surface area contributed by atoms with Crippen molar-refractivity contribution < 1.29 is 22.7 Å². The molecule has 0 saturated carbocycles. The van der Waals surface area contributed by atoms with Crippen LogP contribution in [-0.2, 0) is 0 Å². The van der Waals surface area contributed by atoms with Gasteiger partial charge in [0.25, 0.3) is 11.8 Å². The van der Waals surface area contributed by atoms with Crippen LogP contribution in [0.4, 0.5) is 8.78 Å². The highest BCUT2D eigenvalue weighted by atomic mass is 19.3. The molecule has 0 N–H and O–H groups in total. The van der Waals surface area contributed by atoms with Gasteiger partial charge in [-0.05, 0) is 57.4 Å². The Morgan fingerprint density at radius 1 is 1.13 bits per heavy atom. The van der Waals surface area contributed by atoms with Crippen LogP contribution < -0.4 is 4.74 Å². The largest absolute Gasteiger partial charge is 0.490 e. The molecule has 2 aliphatic heterocycles. The lowest BCUT2D eigenvalue weighted by Crippen LogP contribution is -2.42. The number of carbonyl (C=O) groups is 1. The quantitative estimate of drug-likeness (QED) is 0.708. The fourth-order valence-corrected chi connectivity index (χ4v) is 4.28. The molecule has 30 heavy (non-hydrogen) atoms. The summed E-state index contributed by atoms with van der Waals surface area (Å²) in [6.07, 6.45) is 1.56. The first kappa shape index (κ1) is 21.1. The van der Waals surface area contributed by atoms with Crippen molar-refractivity contribution in [1.29, 1.82) is 0 Å². The molecule has 164 valence electrons. The molecule has 0 unspecified atom stereocenters. The lowest BCUT2D eigenvalue weighted by Gasteiger charge is -2.34. The molecule has 2 fully saturated rings. The molecule has 4 rings (SSSR count). The van der Waals surface area contributed by atoms with Gasteiger partial charge in [-0.15, -0.1) is 0 Å². The number of likely N-dealkylation sites (tertiary alicyclic amines) is 2. The number of rotatable bonds is 4. The van der Waals surface area contributed by atoms with Crippen molar-refractivity contribution >= 4 is 16.9 Å². The Hall–Kier alpha value is -2.15. The number of benzene rings is 1. The number of nitrogens with zero attached hydrogens (tertiary/aromatic N) is 2. The first-order chi connectivity index (χ1) is 14.2. The number of hydrogen-bond donors (Lipinski definition) is 0. The van der Waals surface area contributed by atoms with Crippen LogP contribution in [0.5, 0.6) is 5.75 Å². The van der Waals surface area contributed by atoms with Gasteiger partial charge in [-0.25, -0.2) is 8.78 Å². The van der Waals surface area contributed by atoms with E-state index in [9.17, 15) is 13.6 Å². The number of piperidine rings is 2. The second kappa shape index (κ2) is 8.17. The van der Waals surface area contributed by atoms with Crippen LogP contribution in [0.25, 0.3) is 11.0 Å². The minimum atomic E-state index is -2.68. The zero-order valence-electron chi connectivity index (χ0n) is 17.9. The van der Waals surface area contributed by atoms with E-state index in [2.05, 4.69) is 18.7 Å². The van der Waals surface area contributed by atoms with E-state index in [0.29, 0.717) is 11.6 Å². The number of alkyl halides is 2. The van der Waals surface area contributed by atoms with E-state index in [-0.39, 0.29) is 43.7 Å². The average Bonchev–Trinajstić information content (AvgIpc) is 3.11. The van der Waals surface area contributed by atoms with E-state index in [1.165, 1.54) is 4.90 Å². The van der Waals surface area contributed by atoms with E-state index in [0.717, 1.165) is 42.6 Å². The fraction of sp³-hybridized carbons (Fsp3) is 0.609. The second-order valence-electron chi connectivity index (χ2n) is 8.86. The topological polar surface area (TPSA) is 45.9 Å². The highest BCUT2D eigenvalue weighted by molar-refractivity contribution is 5.96. The molecule has 0 radical (unpaired) electrons. The summed E-state index contributed by atoms with van der Waals surface area (Å²) >= 11 is 0. The molecular weight excluding hydrogens is 390 g/mol. The number of amides is 1. The van der Waals surface area contributed by atoms with Crippen LogP contribution in [0.1, 0.15) is 55.6 Å². The van der Waals surface area contributed by atoms with Gasteiger partial charge in [0.2, 0.25) is 0 Å². The molecule has 2 saturated heterocycles. The normalized spacial score (nSPS) is 20.8. The minimum absolute atomic E-state index is 0.0470. The molecule has 3 heterocycles. The van der Waals surface area contributed by atoms with Crippen molar-refractivity contribution in [2.45, 2.75) is 64.5 Å². The predicted molar refractivity (Wildman–Crippen MR) is 111 cm³/mol. The third-order valence-electron chi connectivity index (χ3n) is 6.31. The zero-order chi connectivity index (χ0) is 21.5. The first-order valence-corrected chi connectivity index (χ1v) is 10.8. The lowest BCUT2D eigenvalue weighted by molar-refractivity contribution is -0.0498. The summed E-state index contributed by atoms with van der Waals surface area (Å²) in [7, 11) is 0.